The summed E-state index contributed by atoms with van der Waals surface area (Å²) >= 11 is 6.03. The molecule has 98 valence electrons. The Kier molecular flexibility index (Phi) is 5.11. The Bertz CT molecular complexity index is 246. The standard InChI is InChI=1S/C13H22ClNO2/c14-11-6-8-15(9-7-11)13(16)5-4-12-3-1-2-10-17-12/h11-12H,1-10H2. The van der Waals surface area contributed by atoms with E-state index in [0.717, 1.165) is 45.4 Å². The van der Waals surface area contributed by atoms with Crippen LogP contribution >= 0.6 is 11.6 Å². The predicted octanol–water partition coefficient (Wildman–Crippen LogP) is 2.57. The number of hydrogen-bond acceptors (Lipinski definition) is 2. The predicted molar refractivity (Wildman–Crippen MR) is 68.3 cm³/mol. The maximum atomic E-state index is 12.0. The van der Waals surface area contributed by atoms with E-state index in [1.807, 2.05) is 4.90 Å². The van der Waals surface area contributed by atoms with Crippen LogP contribution in [0.3, 0.4) is 0 Å². The summed E-state index contributed by atoms with van der Waals surface area (Å²) in [4.78, 5) is 13.9. The van der Waals surface area contributed by atoms with Crippen molar-refractivity contribution in [1.29, 1.82) is 0 Å². The first-order valence-electron chi connectivity index (χ1n) is 6.79. The quantitative estimate of drug-likeness (QED) is 0.729. The van der Waals surface area contributed by atoms with Crippen LogP contribution in [0.25, 0.3) is 0 Å². The molecule has 1 atom stereocenters. The van der Waals surface area contributed by atoms with E-state index in [0.29, 0.717) is 12.5 Å². The van der Waals surface area contributed by atoms with Gasteiger partial charge in [-0.2, -0.15) is 0 Å². The molecule has 0 aromatic heterocycles. The minimum atomic E-state index is 0.265. The van der Waals surface area contributed by atoms with Gasteiger partial charge in [-0.15, -0.1) is 11.6 Å². The lowest BCUT2D eigenvalue weighted by atomic mass is 10.0. The van der Waals surface area contributed by atoms with E-state index in [2.05, 4.69) is 0 Å². The number of halogens is 1. The van der Waals surface area contributed by atoms with Crippen LogP contribution in [0.5, 0.6) is 0 Å². The van der Waals surface area contributed by atoms with Crippen molar-refractivity contribution in [1.82, 2.24) is 4.90 Å². The third kappa shape index (κ3) is 4.14. The number of amides is 1. The minimum absolute atomic E-state index is 0.265. The molecule has 0 aromatic carbocycles. The summed E-state index contributed by atoms with van der Waals surface area (Å²) in [5.74, 6) is 0.280. The minimum Gasteiger partial charge on any atom is -0.378 e. The zero-order valence-electron chi connectivity index (χ0n) is 10.4. The smallest absolute Gasteiger partial charge is 0.222 e. The molecule has 0 saturated carbocycles. The highest BCUT2D eigenvalue weighted by Gasteiger charge is 2.22. The second-order valence-corrected chi connectivity index (χ2v) is 5.70. The molecule has 2 saturated heterocycles. The maximum Gasteiger partial charge on any atom is 0.222 e. The van der Waals surface area contributed by atoms with Crippen LogP contribution in [-0.2, 0) is 9.53 Å². The molecule has 0 N–H and O–H groups in total. The molecule has 0 aromatic rings. The summed E-state index contributed by atoms with van der Waals surface area (Å²) in [5.41, 5.74) is 0. The van der Waals surface area contributed by atoms with Gasteiger partial charge in [0.25, 0.3) is 0 Å². The molecule has 4 heteroatoms. The zero-order chi connectivity index (χ0) is 12.1. The lowest BCUT2D eigenvalue weighted by molar-refractivity contribution is -0.133. The van der Waals surface area contributed by atoms with E-state index < -0.39 is 0 Å². The van der Waals surface area contributed by atoms with Gasteiger partial charge in [0.05, 0.1) is 6.10 Å². The van der Waals surface area contributed by atoms with E-state index in [9.17, 15) is 4.79 Å². The second kappa shape index (κ2) is 6.60. The van der Waals surface area contributed by atoms with E-state index in [-0.39, 0.29) is 11.3 Å². The van der Waals surface area contributed by atoms with E-state index in [1.165, 1.54) is 12.8 Å². The van der Waals surface area contributed by atoms with Crippen LogP contribution in [-0.4, -0.2) is 42.0 Å². The fraction of sp³-hybridized carbons (Fsp3) is 0.923. The summed E-state index contributed by atoms with van der Waals surface area (Å²) in [7, 11) is 0. The first kappa shape index (κ1) is 13.2. The highest BCUT2D eigenvalue weighted by Crippen LogP contribution is 2.20. The third-order valence-corrected chi connectivity index (χ3v) is 4.17. The molecule has 2 aliphatic rings. The van der Waals surface area contributed by atoms with Gasteiger partial charge in [-0.05, 0) is 38.5 Å². The van der Waals surface area contributed by atoms with E-state index in [1.54, 1.807) is 0 Å². The average molecular weight is 260 g/mol. The Morgan fingerprint density at radius 2 is 2.00 bits per heavy atom. The number of piperidine rings is 1. The molecule has 0 radical (unpaired) electrons. The van der Waals surface area contributed by atoms with Crippen LogP contribution in [0, 0.1) is 0 Å². The number of rotatable bonds is 3. The van der Waals surface area contributed by atoms with Crippen molar-refractivity contribution in [2.75, 3.05) is 19.7 Å². The first-order valence-corrected chi connectivity index (χ1v) is 7.23. The summed E-state index contributed by atoms with van der Waals surface area (Å²) in [5, 5.41) is 0.265. The van der Waals surface area contributed by atoms with Gasteiger partial charge in [0.15, 0.2) is 0 Å². The van der Waals surface area contributed by atoms with Gasteiger partial charge in [-0.3, -0.25) is 4.79 Å². The Labute approximate surface area is 108 Å². The molecule has 1 unspecified atom stereocenters. The number of hydrogen-bond donors (Lipinski definition) is 0. The van der Waals surface area contributed by atoms with Crippen molar-refractivity contribution in [3.8, 4) is 0 Å². The van der Waals surface area contributed by atoms with Crippen molar-refractivity contribution in [2.24, 2.45) is 0 Å². The van der Waals surface area contributed by atoms with Crippen LogP contribution in [0.4, 0.5) is 0 Å². The fourth-order valence-corrected chi connectivity index (χ4v) is 2.77. The summed E-state index contributed by atoms with van der Waals surface area (Å²) in [6, 6.07) is 0. The monoisotopic (exact) mass is 259 g/mol. The Hall–Kier alpha value is -0.280. The Balaban J connectivity index is 1.66. The van der Waals surface area contributed by atoms with Crippen molar-refractivity contribution in [3.63, 3.8) is 0 Å². The molecule has 2 fully saturated rings. The topological polar surface area (TPSA) is 29.5 Å². The SMILES string of the molecule is O=C(CCC1CCCCO1)N1CCC(Cl)CC1. The molecule has 0 aliphatic carbocycles. The molecule has 17 heavy (non-hydrogen) atoms. The van der Waals surface area contributed by atoms with Gasteiger partial charge >= 0.3 is 0 Å². The molecule has 0 bridgehead atoms. The molecule has 0 spiro atoms. The molecular weight excluding hydrogens is 238 g/mol. The number of carbonyl (C=O) groups excluding carboxylic acids is 1. The summed E-state index contributed by atoms with van der Waals surface area (Å²) < 4.78 is 5.64. The molecule has 3 nitrogen and oxygen atoms in total. The number of alkyl halides is 1. The van der Waals surface area contributed by atoms with Gasteiger partial charge in [0, 0.05) is 31.5 Å². The Morgan fingerprint density at radius 1 is 1.24 bits per heavy atom. The zero-order valence-corrected chi connectivity index (χ0v) is 11.1. The number of nitrogens with zero attached hydrogens (tertiary/aromatic N) is 1. The molecule has 2 aliphatic heterocycles. The van der Waals surface area contributed by atoms with Gasteiger partial charge in [-0.1, -0.05) is 0 Å². The van der Waals surface area contributed by atoms with Gasteiger partial charge in [0.2, 0.25) is 5.91 Å². The van der Waals surface area contributed by atoms with Crippen LogP contribution in [0.15, 0.2) is 0 Å². The number of likely N-dealkylation sites (tertiary alicyclic amines) is 1. The first-order chi connectivity index (χ1) is 8.25. The van der Waals surface area contributed by atoms with Crippen LogP contribution in [0.1, 0.15) is 44.9 Å². The lowest BCUT2D eigenvalue weighted by Crippen LogP contribution is -2.39. The lowest BCUT2D eigenvalue weighted by Gasteiger charge is -2.30. The van der Waals surface area contributed by atoms with Crippen molar-refractivity contribution >= 4 is 17.5 Å². The average Bonchev–Trinajstić information content (AvgIpc) is 2.38. The van der Waals surface area contributed by atoms with Gasteiger partial charge in [0.1, 0.15) is 0 Å². The van der Waals surface area contributed by atoms with Crippen molar-refractivity contribution in [2.45, 2.75) is 56.4 Å². The largest absolute Gasteiger partial charge is 0.378 e. The molecular formula is C13H22ClNO2. The van der Waals surface area contributed by atoms with Gasteiger partial charge in [-0.25, -0.2) is 0 Å². The number of ether oxygens (including phenoxy) is 1. The Morgan fingerprint density at radius 3 is 2.65 bits per heavy atom. The highest BCUT2D eigenvalue weighted by atomic mass is 35.5. The van der Waals surface area contributed by atoms with E-state index in [4.69, 9.17) is 16.3 Å². The maximum absolute atomic E-state index is 12.0. The van der Waals surface area contributed by atoms with Crippen molar-refractivity contribution in [3.05, 3.63) is 0 Å². The molecule has 2 heterocycles. The molecule has 2 rings (SSSR count). The second-order valence-electron chi connectivity index (χ2n) is 5.08. The highest BCUT2D eigenvalue weighted by molar-refractivity contribution is 6.20. The van der Waals surface area contributed by atoms with Crippen LogP contribution < -0.4 is 0 Å². The van der Waals surface area contributed by atoms with Crippen molar-refractivity contribution < 1.29 is 9.53 Å². The van der Waals surface area contributed by atoms with E-state index >= 15 is 0 Å². The third-order valence-electron chi connectivity index (χ3n) is 3.73. The van der Waals surface area contributed by atoms with Gasteiger partial charge < -0.3 is 9.64 Å². The van der Waals surface area contributed by atoms with Crippen LogP contribution in [0.2, 0.25) is 0 Å². The fourth-order valence-electron chi connectivity index (χ4n) is 2.58. The molecule has 1 amide bonds. The normalized spacial score (nSPS) is 27.1. The summed E-state index contributed by atoms with van der Waals surface area (Å²) in [6.07, 6.45) is 7.26. The summed E-state index contributed by atoms with van der Waals surface area (Å²) in [6.45, 7) is 2.54. The number of carbonyl (C=O) groups is 1.